The highest BCUT2D eigenvalue weighted by atomic mass is 19.1. The largest absolute Gasteiger partial charge is 0.453 e. The molecule has 2 aromatic carbocycles. The molecule has 0 aliphatic heterocycles. The summed E-state index contributed by atoms with van der Waals surface area (Å²) in [4.78, 5) is 0. The highest BCUT2D eigenvalue weighted by molar-refractivity contribution is 5.47. The van der Waals surface area contributed by atoms with E-state index in [4.69, 9.17) is 4.74 Å². The van der Waals surface area contributed by atoms with Crippen molar-refractivity contribution in [1.82, 2.24) is 5.32 Å². The summed E-state index contributed by atoms with van der Waals surface area (Å²) in [6.45, 7) is 3.56. The van der Waals surface area contributed by atoms with Crippen molar-refractivity contribution in [3.8, 4) is 17.6 Å². The second-order valence-electron chi connectivity index (χ2n) is 4.26. The Balaban J connectivity index is 2.24. The maximum atomic E-state index is 13.5. The molecule has 0 saturated heterocycles. The lowest BCUT2D eigenvalue weighted by Crippen LogP contribution is -2.11. The van der Waals surface area contributed by atoms with Gasteiger partial charge in [-0.25, -0.2) is 4.39 Å². The van der Waals surface area contributed by atoms with Gasteiger partial charge in [0.2, 0.25) is 0 Å². The molecule has 4 heteroatoms. The van der Waals surface area contributed by atoms with Gasteiger partial charge >= 0.3 is 0 Å². The van der Waals surface area contributed by atoms with Gasteiger partial charge in [0, 0.05) is 6.54 Å². The molecule has 20 heavy (non-hydrogen) atoms. The van der Waals surface area contributed by atoms with Crippen molar-refractivity contribution in [2.75, 3.05) is 6.54 Å². The van der Waals surface area contributed by atoms with E-state index in [1.807, 2.05) is 13.0 Å². The van der Waals surface area contributed by atoms with Gasteiger partial charge in [0.1, 0.15) is 11.8 Å². The zero-order chi connectivity index (χ0) is 14.4. The molecule has 0 amide bonds. The standard InChI is InChI=1S/C16H15FN2O/c1-2-19-11-12-7-8-15(13(9-12)10-18)20-16-6-4-3-5-14(16)17/h3-9,19H,2,11H2,1H3. The van der Waals surface area contributed by atoms with E-state index in [1.165, 1.54) is 12.1 Å². The molecule has 0 aliphatic carbocycles. The highest BCUT2D eigenvalue weighted by Gasteiger charge is 2.08. The Morgan fingerprint density at radius 2 is 2.00 bits per heavy atom. The van der Waals surface area contributed by atoms with Gasteiger partial charge in [0.15, 0.2) is 11.6 Å². The van der Waals surface area contributed by atoms with Crippen LogP contribution in [0.25, 0.3) is 0 Å². The van der Waals surface area contributed by atoms with Crippen LogP contribution in [0.5, 0.6) is 11.5 Å². The van der Waals surface area contributed by atoms with Gasteiger partial charge in [-0.1, -0.05) is 25.1 Å². The number of hydrogen-bond donors (Lipinski definition) is 1. The Morgan fingerprint density at radius 3 is 2.70 bits per heavy atom. The average molecular weight is 270 g/mol. The van der Waals surface area contributed by atoms with Crippen molar-refractivity contribution in [1.29, 1.82) is 5.26 Å². The summed E-state index contributed by atoms with van der Waals surface area (Å²) in [5.74, 6) is 0.0226. The molecule has 0 unspecified atom stereocenters. The van der Waals surface area contributed by atoms with Crippen LogP contribution in [0, 0.1) is 17.1 Å². The fraction of sp³-hybridized carbons (Fsp3) is 0.188. The minimum Gasteiger partial charge on any atom is -0.453 e. The Labute approximate surface area is 117 Å². The topological polar surface area (TPSA) is 45.0 Å². The van der Waals surface area contributed by atoms with Gasteiger partial charge in [-0.2, -0.15) is 5.26 Å². The monoisotopic (exact) mass is 270 g/mol. The minimum atomic E-state index is -0.451. The molecule has 0 atom stereocenters. The minimum absolute atomic E-state index is 0.114. The summed E-state index contributed by atoms with van der Waals surface area (Å²) < 4.78 is 19.0. The molecule has 2 aromatic rings. The summed E-state index contributed by atoms with van der Waals surface area (Å²) in [6.07, 6.45) is 0. The van der Waals surface area contributed by atoms with Crippen molar-refractivity contribution in [2.45, 2.75) is 13.5 Å². The fourth-order valence-electron chi connectivity index (χ4n) is 1.78. The van der Waals surface area contributed by atoms with Crippen molar-refractivity contribution in [3.63, 3.8) is 0 Å². The first-order valence-corrected chi connectivity index (χ1v) is 6.40. The van der Waals surface area contributed by atoms with Crippen LogP contribution in [0.1, 0.15) is 18.1 Å². The number of hydrogen-bond acceptors (Lipinski definition) is 3. The highest BCUT2D eigenvalue weighted by Crippen LogP contribution is 2.27. The molecule has 0 saturated carbocycles. The lowest BCUT2D eigenvalue weighted by atomic mass is 10.1. The molecule has 0 radical (unpaired) electrons. The molecule has 0 bridgehead atoms. The third kappa shape index (κ3) is 3.34. The smallest absolute Gasteiger partial charge is 0.165 e. The molecular formula is C16H15FN2O. The Bertz CT molecular complexity index is 635. The molecule has 0 spiro atoms. The molecule has 1 N–H and O–H groups in total. The zero-order valence-corrected chi connectivity index (χ0v) is 11.2. The van der Waals surface area contributed by atoms with Crippen LogP contribution in [-0.2, 0) is 6.54 Å². The number of nitrogens with one attached hydrogen (secondary N) is 1. The summed E-state index contributed by atoms with van der Waals surface area (Å²) >= 11 is 0. The maximum Gasteiger partial charge on any atom is 0.165 e. The maximum absolute atomic E-state index is 13.5. The van der Waals surface area contributed by atoms with E-state index >= 15 is 0 Å². The van der Waals surface area contributed by atoms with Crippen LogP contribution in [0.2, 0.25) is 0 Å². The molecule has 0 fully saturated rings. The van der Waals surface area contributed by atoms with E-state index < -0.39 is 5.82 Å². The Kier molecular flexibility index (Phi) is 4.70. The van der Waals surface area contributed by atoms with E-state index in [0.29, 0.717) is 17.9 Å². The first-order chi connectivity index (χ1) is 9.74. The number of benzene rings is 2. The quantitative estimate of drug-likeness (QED) is 0.902. The van der Waals surface area contributed by atoms with Crippen molar-refractivity contribution in [2.24, 2.45) is 0 Å². The summed E-state index contributed by atoms with van der Waals surface area (Å²) in [7, 11) is 0. The Hall–Kier alpha value is -2.38. The molecule has 0 aromatic heterocycles. The summed E-state index contributed by atoms with van der Waals surface area (Å²) in [5, 5.41) is 12.4. The van der Waals surface area contributed by atoms with Crippen LogP contribution < -0.4 is 10.1 Å². The van der Waals surface area contributed by atoms with Gasteiger partial charge in [0.05, 0.1) is 5.56 Å². The first-order valence-electron chi connectivity index (χ1n) is 6.40. The van der Waals surface area contributed by atoms with Crippen molar-refractivity contribution >= 4 is 0 Å². The van der Waals surface area contributed by atoms with Gasteiger partial charge < -0.3 is 10.1 Å². The van der Waals surface area contributed by atoms with Gasteiger partial charge in [-0.05, 0) is 36.4 Å². The number of nitrogens with zero attached hydrogens (tertiary/aromatic N) is 1. The van der Waals surface area contributed by atoms with E-state index in [-0.39, 0.29) is 5.75 Å². The second kappa shape index (κ2) is 6.69. The average Bonchev–Trinajstić information content (AvgIpc) is 2.48. The van der Waals surface area contributed by atoms with Crippen molar-refractivity contribution in [3.05, 3.63) is 59.4 Å². The van der Waals surface area contributed by atoms with Gasteiger partial charge in [-0.3, -0.25) is 0 Å². The third-order valence-electron chi connectivity index (χ3n) is 2.80. The van der Waals surface area contributed by atoms with Gasteiger partial charge in [-0.15, -0.1) is 0 Å². The van der Waals surface area contributed by atoms with Crippen LogP contribution in [0.3, 0.4) is 0 Å². The SMILES string of the molecule is CCNCc1ccc(Oc2ccccc2F)c(C#N)c1. The second-order valence-corrected chi connectivity index (χ2v) is 4.26. The summed E-state index contributed by atoms with van der Waals surface area (Å²) in [6, 6.07) is 13.5. The normalized spacial score (nSPS) is 10.1. The van der Waals surface area contributed by atoms with Gasteiger partial charge in [0.25, 0.3) is 0 Å². The lowest BCUT2D eigenvalue weighted by molar-refractivity contribution is 0.441. The number of para-hydroxylation sites is 1. The van der Waals surface area contributed by atoms with Crippen LogP contribution in [-0.4, -0.2) is 6.54 Å². The van der Waals surface area contributed by atoms with Crippen LogP contribution in [0.15, 0.2) is 42.5 Å². The summed E-state index contributed by atoms with van der Waals surface area (Å²) in [5.41, 5.74) is 1.38. The lowest BCUT2D eigenvalue weighted by Gasteiger charge is -2.10. The molecule has 3 nitrogen and oxygen atoms in total. The zero-order valence-electron chi connectivity index (χ0n) is 11.2. The number of nitriles is 1. The van der Waals surface area contributed by atoms with E-state index in [1.54, 1.807) is 24.3 Å². The van der Waals surface area contributed by atoms with E-state index in [2.05, 4.69) is 11.4 Å². The van der Waals surface area contributed by atoms with Crippen LogP contribution in [0.4, 0.5) is 4.39 Å². The molecule has 2 rings (SSSR count). The number of halogens is 1. The van der Waals surface area contributed by atoms with E-state index in [0.717, 1.165) is 12.1 Å². The predicted octanol–water partition coefficient (Wildman–Crippen LogP) is 3.60. The predicted molar refractivity (Wildman–Crippen MR) is 75.0 cm³/mol. The van der Waals surface area contributed by atoms with E-state index in [9.17, 15) is 9.65 Å². The molecular weight excluding hydrogens is 255 g/mol. The Morgan fingerprint density at radius 1 is 1.20 bits per heavy atom. The molecule has 102 valence electrons. The number of ether oxygens (including phenoxy) is 1. The van der Waals surface area contributed by atoms with Crippen molar-refractivity contribution < 1.29 is 9.13 Å². The van der Waals surface area contributed by atoms with Crippen LogP contribution >= 0.6 is 0 Å². The third-order valence-corrected chi connectivity index (χ3v) is 2.80. The number of rotatable bonds is 5. The fourth-order valence-corrected chi connectivity index (χ4v) is 1.78. The molecule has 0 heterocycles. The first kappa shape index (κ1) is 14.0. The molecule has 0 aliphatic rings.